The van der Waals surface area contributed by atoms with E-state index in [1.54, 1.807) is 0 Å². The Morgan fingerprint density at radius 3 is 2.36 bits per heavy atom. The van der Waals surface area contributed by atoms with Gasteiger partial charge in [0.05, 0.1) is 10.9 Å². The first-order valence-electron chi connectivity index (χ1n) is 8.38. The fourth-order valence-corrected chi connectivity index (χ4v) is 2.48. The zero-order valence-corrected chi connectivity index (χ0v) is 14.3. The summed E-state index contributed by atoms with van der Waals surface area (Å²) in [5, 5.41) is 0.226. The normalized spacial score (nSPS) is 11.7. The van der Waals surface area contributed by atoms with Crippen LogP contribution < -0.4 is 15.2 Å². The third-order valence-electron chi connectivity index (χ3n) is 3.76. The van der Waals surface area contributed by atoms with Gasteiger partial charge in [-0.3, -0.25) is 9.78 Å². The first kappa shape index (κ1) is 19.1. The van der Waals surface area contributed by atoms with Crippen LogP contribution in [0.2, 0.25) is 0 Å². The fourth-order valence-electron chi connectivity index (χ4n) is 2.48. The fraction of sp³-hybridized carbons (Fsp3) is 0.529. The van der Waals surface area contributed by atoms with Gasteiger partial charge in [0.1, 0.15) is 5.75 Å². The molecule has 0 unspecified atom stereocenters. The smallest absolute Gasteiger partial charge is 0.406 e. The number of ether oxygens (including phenoxy) is 1. The van der Waals surface area contributed by atoms with E-state index in [0.717, 1.165) is 50.9 Å². The summed E-state index contributed by atoms with van der Waals surface area (Å²) in [7, 11) is 0. The van der Waals surface area contributed by atoms with E-state index in [4.69, 9.17) is 0 Å². The number of anilines is 1. The van der Waals surface area contributed by atoms with Gasteiger partial charge in [-0.2, -0.15) is 0 Å². The molecule has 2 aromatic rings. The molecule has 1 aromatic carbocycles. The lowest BCUT2D eigenvalue weighted by Crippen LogP contribution is -2.29. The lowest BCUT2D eigenvalue weighted by Gasteiger charge is -2.23. The molecule has 0 aliphatic carbocycles. The van der Waals surface area contributed by atoms with Crippen LogP contribution in [-0.4, -0.2) is 29.4 Å². The Balaban J connectivity index is 2.40. The van der Waals surface area contributed by atoms with Crippen molar-refractivity contribution < 1.29 is 17.9 Å². The van der Waals surface area contributed by atoms with Crippen molar-refractivity contribution in [3.63, 3.8) is 0 Å². The molecule has 0 saturated heterocycles. The predicted octanol–water partition coefficient (Wildman–Crippen LogP) is 4.23. The van der Waals surface area contributed by atoms with Crippen molar-refractivity contribution in [1.82, 2.24) is 9.97 Å². The molecule has 0 aliphatic heterocycles. The topological polar surface area (TPSA) is 58.2 Å². The van der Waals surface area contributed by atoms with E-state index in [9.17, 15) is 18.0 Å². The molecule has 0 radical (unpaired) electrons. The third-order valence-corrected chi connectivity index (χ3v) is 3.76. The minimum Gasteiger partial charge on any atom is -0.406 e. The molecule has 2 rings (SSSR count). The Morgan fingerprint density at radius 2 is 1.80 bits per heavy atom. The average molecular weight is 357 g/mol. The number of alkyl halides is 3. The number of benzene rings is 1. The first-order chi connectivity index (χ1) is 11.8. The highest BCUT2D eigenvalue weighted by Gasteiger charge is 2.31. The number of rotatable bonds is 8. The number of nitrogens with one attached hydrogen (secondary N) is 1. The summed E-state index contributed by atoms with van der Waals surface area (Å²) in [6, 6.07) is 3.53. The van der Waals surface area contributed by atoms with Gasteiger partial charge in [-0.1, -0.05) is 26.7 Å². The third kappa shape index (κ3) is 5.37. The van der Waals surface area contributed by atoms with Crippen LogP contribution in [0, 0.1) is 0 Å². The molecule has 138 valence electrons. The summed E-state index contributed by atoms with van der Waals surface area (Å²) in [4.78, 5) is 21.3. The van der Waals surface area contributed by atoms with E-state index < -0.39 is 12.1 Å². The van der Waals surface area contributed by atoms with Gasteiger partial charge in [0.15, 0.2) is 0 Å². The van der Waals surface area contributed by atoms with E-state index in [1.165, 1.54) is 6.07 Å². The summed E-state index contributed by atoms with van der Waals surface area (Å²) in [6.45, 7) is 5.58. The number of fused-ring (bicyclic) bond motifs is 1. The average Bonchev–Trinajstić information content (AvgIpc) is 2.53. The second kappa shape index (κ2) is 8.22. The second-order valence-electron chi connectivity index (χ2n) is 5.81. The van der Waals surface area contributed by atoms with Crippen LogP contribution in [0.1, 0.15) is 39.5 Å². The van der Waals surface area contributed by atoms with E-state index in [0.29, 0.717) is 5.95 Å². The van der Waals surface area contributed by atoms with Crippen molar-refractivity contribution in [2.24, 2.45) is 0 Å². The van der Waals surface area contributed by atoms with Crippen LogP contribution in [0.25, 0.3) is 10.9 Å². The summed E-state index contributed by atoms with van der Waals surface area (Å²) in [5.74, 6) is -0.0127. The highest BCUT2D eigenvalue weighted by molar-refractivity contribution is 5.80. The number of hydrogen-bond donors (Lipinski definition) is 1. The molecule has 1 aromatic heterocycles. The lowest BCUT2D eigenvalue weighted by atomic mass is 10.2. The van der Waals surface area contributed by atoms with E-state index >= 15 is 0 Å². The SMILES string of the molecule is CCCCN(CCCC)c1nc2cc(OC(F)(F)F)ccc2c(=O)[nH]1. The number of hydrogen-bond acceptors (Lipinski definition) is 4. The van der Waals surface area contributed by atoms with Crippen LogP contribution in [0.3, 0.4) is 0 Å². The van der Waals surface area contributed by atoms with Crippen LogP contribution >= 0.6 is 0 Å². The van der Waals surface area contributed by atoms with Crippen molar-refractivity contribution >= 4 is 16.9 Å². The standard InChI is InChI=1S/C17H22F3N3O2/c1-3-5-9-23(10-6-4-2)16-21-14-11-12(25-17(18,19)20)7-8-13(14)15(24)22-16/h7-8,11H,3-6,9-10H2,1-2H3,(H,21,22,24). The maximum atomic E-state index is 12.4. The van der Waals surface area contributed by atoms with E-state index in [2.05, 4.69) is 28.6 Å². The molecule has 1 heterocycles. The van der Waals surface area contributed by atoms with Gasteiger partial charge in [-0.25, -0.2) is 4.98 Å². The minimum atomic E-state index is -4.79. The molecule has 1 N–H and O–H groups in total. The van der Waals surface area contributed by atoms with Gasteiger partial charge in [0.25, 0.3) is 5.56 Å². The molecule has 5 nitrogen and oxygen atoms in total. The zero-order valence-electron chi connectivity index (χ0n) is 14.3. The number of halogens is 3. The molecule has 0 fully saturated rings. The molecule has 8 heteroatoms. The van der Waals surface area contributed by atoms with Crippen molar-refractivity contribution in [2.45, 2.75) is 45.9 Å². The molecule has 0 bridgehead atoms. The van der Waals surface area contributed by atoms with Gasteiger partial charge in [-0.05, 0) is 25.0 Å². The Kier molecular flexibility index (Phi) is 6.27. The summed E-state index contributed by atoms with van der Waals surface area (Å²) < 4.78 is 41.1. The highest BCUT2D eigenvalue weighted by Crippen LogP contribution is 2.25. The number of unbranched alkanes of at least 4 members (excludes halogenated alkanes) is 2. The highest BCUT2D eigenvalue weighted by atomic mass is 19.4. The van der Waals surface area contributed by atoms with Gasteiger partial charge < -0.3 is 9.64 Å². The molecule has 0 spiro atoms. The van der Waals surface area contributed by atoms with Gasteiger partial charge in [-0.15, -0.1) is 13.2 Å². The summed E-state index contributed by atoms with van der Waals surface area (Å²) >= 11 is 0. The number of aromatic amines is 1. The molecule has 25 heavy (non-hydrogen) atoms. The van der Waals surface area contributed by atoms with Crippen LogP contribution in [0.15, 0.2) is 23.0 Å². The predicted molar refractivity (Wildman–Crippen MR) is 91.1 cm³/mol. The van der Waals surface area contributed by atoms with Crippen molar-refractivity contribution in [2.75, 3.05) is 18.0 Å². The van der Waals surface area contributed by atoms with Crippen LogP contribution in [-0.2, 0) is 0 Å². The summed E-state index contributed by atoms with van der Waals surface area (Å²) in [5.41, 5.74) is -0.199. The molecular weight excluding hydrogens is 335 g/mol. The van der Waals surface area contributed by atoms with Gasteiger partial charge in [0, 0.05) is 19.2 Å². The largest absolute Gasteiger partial charge is 0.573 e. The Labute approximate surface area is 143 Å². The Hall–Kier alpha value is -2.25. The monoisotopic (exact) mass is 357 g/mol. The quantitative estimate of drug-likeness (QED) is 0.768. The van der Waals surface area contributed by atoms with Crippen molar-refractivity contribution in [3.05, 3.63) is 28.6 Å². The molecule has 0 atom stereocenters. The number of nitrogens with zero attached hydrogens (tertiary/aromatic N) is 2. The first-order valence-corrected chi connectivity index (χ1v) is 8.38. The Bertz CT molecular complexity index is 751. The molecular formula is C17H22F3N3O2. The molecule has 0 saturated carbocycles. The van der Waals surface area contributed by atoms with Crippen molar-refractivity contribution in [3.8, 4) is 5.75 Å². The minimum absolute atomic E-state index is 0.179. The number of aromatic nitrogens is 2. The number of H-pyrrole nitrogens is 1. The van der Waals surface area contributed by atoms with Crippen LogP contribution in [0.4, 0.5) is 19.1 Å². The lowest BCUT2D eigenvalue weighted by molar-refractivity contribution is -0.274. The molecule has 0 aliphatic rings. The van der Waals surface area contributed by atoms with E-state index in [1.807, 2.05) is 4.90 Å². The van der Waals surface area contributed by atoms with Crippen molar-refractivity contribution in [1.29, 1.82) is 0 Å². The maximum absolute atomic E-state index is 12.4. The molecule has 0 amide bonds. The zero-order chi connectivity index (χ0) is 18.4. The Morgan fingerprint density at radius 1 is 1.16 bits per heavy atom. The van der Waals surface area contributed by atoms with Gasteiger partial charge in [0.2, 0.25) is 5.95 Å². The van der Waals surface area contributed by atoms with E-state index in [-0.39, 0.29) is 16.5 Å². The second-order valence-corrected chi connectivity index (χ2v) is 5.81. The van der Waals surface area contributed by atoms with Gasteiger partial charge >= 0.3 is 6.36 Å². The summed E-state index contributed by atoms with van der Waals surface area (Å²) in [6.07, 6.45) is -0.939. The van der Waals surface area contributed by atoms with Crippen LogP contribution in [0.5, 0.6) is 5.75 Å². The maximum Gasteiger partial charge on any atom is 0.573 e.